The summed E-state index contributed by atoms with van der Waals surface area (Å²) in [6.07, 6.45) is 3.11. The summed E-state index contributed by atoms with van der Waals surface area (Å²) in [6.45, 7) is 0.453. The summed E-state index contributed by atoms with van der Waals surface area (Å²) in [4.78, 5) is -0.140. The van der Waals surface area contributed by atoms with Crippen molar-refractivity contribution in [3.63, 3.8) is 0 Å². The van der Waals surface area contributed by atoms with Gasteiger partial charge in [-0.15, -0.1) is 0 Å². The number of unbranched alkanes of at least 4 members (excludes halogenated alkanes) is 3. The molecule has 0 unspecified atom stereocenters. The molecule has 0 amide bonds. The summed E-state index contributed by atoms with van der Waals surface area (Å²) in [5.74, 6) is 0. The Labute approximate surface area is 129 Å². The lowest BCUT2D eigenvalue weighted by Gasteiger charge is -2.11. The summed E-state index contributed by atoms with van der Waals surface area (Å²) in [6, 6.07) is 2.69. The van der Waals surface area contributed by atoms with Crippen molar-refractivity contribution >= 4 is 38.9 Å². The molecule has 114 valence electrons. The molecule has 1 aromatic carbocycles. The predicted molar refractivity (Wildman–Crippen MR) is 81.6 cm³/mol. The summed E-state index contributed by atoms with van der Waals surface area (Å²) in [7, 11) is -3.75. The molecule has 0 spiro atoms. The monoisotopic (exact) mass is 340 g/mol. The zero-order valence-electron chi connectivity index (χ0n) is 10.9. The minimum absolute atomic E-state index is 0.00257. The second-order valence-electron chi connectivity index (χ2n) is 4.34. The average Bonchev–Trinajstić information content (AvgIpc) is 2.31. The fourth-order valence-electron chi connectivity index (χ4n) is 1.73. The van der Waals surface area contributed by atoms with E-state index in [1.165, 1.54) is 12.1 Å². The van der Waals surface area contributed by atoms with E-state index in [9.17, 15) is 8.42 Å². The highest BCUT2D eigenvalue weighted by Crippen LogP contribution is 2.30. The third-order valence-electron chi connectivity index (χ3n) is 2.68. The van der Waals surface area contributed by atoms with Gasteiger partial charge in [-0.1, -0.05) is 36.0 Å². The number of nitrogens with two attached hydrogens (primary N) is 1. The fourth-order valence-corrected chi connectivity index (χ4v) is 3.79. The second-order valence-corrected chi connectivity index (χ2v) is 6.89. The molecular formula is C12H18Cl2N2O3S. The van der Waals surface area contributed by atoms with Gasteiger partial charge in [0.25, 0.3) is 0 Å². The van der Waals surface area contributed by atoms with Gasteiger partial charge in [0.1, 0.15) is 4.90 Å². The minimum Gasteiger partial charge on any atom is -0.398 e. The first-order valence-electron chi connectivity index (χ1n) is 6.23. The van der Waals surface area contributed by atoms with Crippen LogP contribution in [-0.2, 0) is 10.0 Å². The Morgan fingerprint density at radius 2 is 1.80 bits per heavy atom. The zero-order chi connectivity index (χ0) is 15.2. The third-order valence-corrected chi connectivity index (χ3v) is 4.89. The van der Waals surface area contributed by atoms with E-state index in [1.54, 1.807) is 0 Å². The van der Waals surface area contributed by atoms with Crippen LogP contribution in [0.1, 0.15) is 25.7 Å². The first-order valence-corrected chi connectivity index (χ1v) is 8.47. The van der Waals surface area contributed by atoms with E-state index in [0.29, 0.717) is 13.0 Å². The van der Waals surface area contributed by atoms with Crippen LogP contribution < -0.4 is 10.5 Å². The molecule has 4 N–H and O–H groups in total. The molecule has 0 saturated carbocycles. The van der Waals surface area contributed by atoms with Crippen molar-refractivity contribution in [3.05, 3.63) is 22.2 Å². The number of anilines is 1. The number of hydrogen-bond acceptors (Lipinski definition) is 4. The number of benzene rings is 1. The molecule has 0 aliphatic carbocycles. The number of aliphatic hydroxyl groups excluding tert-OH is 1. The van der Waals surface area contributed by atoms with Gasteiger partial charge in [0, 0.05) is 18.2 Å². The fraction of sp³-hybridized carbons (Fsp3) is 0.500. The molecule has 1 rings (SSSR count). The smallest absolute Gasteiger partial charge is 0.244 e. The molecule has 20 heavy (non-hydrogen) atoms. The number of hydrogen-bond donors (Lipinski definition) is 3. The van der Waals surface area contributed by atoms with Crippen LogP contribution in [0.25, 0.3) is 0 Å². The van der Waals surface area contributed by atoms with Crippen molar-refractivity contribution < 1.29 is 13.5 Å². The molecule has 0 atom stereocenters. The maximum atomic E-state index is 12.1. The molecule has 0 heterocycles. The Bertz CT molecular complexity index is 527. The van der Waals surface area contributed by atoms with Crippen LogP contribution in [0.15, 0.2) is 17.0 Å². The molecule has 0 radical (unpaired) electrons. The SMILES string of the molecule is Nc1cc(Cl)cc(Cl)c1S(=O)(=O)NCCCCCCO. The summed E-state index contributed by atoms with van der Waals surface area (Å²) in [5.41, 5.74) is 5.69. The van der Waals surface area contributed by atoms with Crippen molar-refractivity contribution in [2.45, 2.75) is 30.6 Å². The van der Waals surface area contributed by atoms with Gasteiger partial charge < -0.3 is 10.8 Å². The summed E-state index contributed by atoms with van der Waals surface area (Å²) >= 11 is 11.6. The molecule has 0 aliphatic rings. The summed E-state index contributed by atoms with van der Waals surface area (Å²) in [5, 5.41) is 8.92. The first-order chi connectivity index (χ1) is 9.38. The Balaban J connectivity index is 2.66. The maximum absolute atomic E-state index is 12.1. The van der Waals surface area contributed by atoms with E-state index < -0.39 is 10.0 Å². The largest absolute Gasteiger partial charge is 0.398 e. The number of nitrogen functional groups attached to an aromatic ring is 1. The number of rotatable bonds is 8. The number of aliphatic hydroxyl groups is 1. The van der Waals surface area contributed by atoms with E-state index in [0.717, 1.165) is 19.3 Å². The van der Waals surface area contributed by atoms with Crippen LogP contribution in [0.4, 0.5) is 5.69 Å². The molecule has 0 bridgehead atoms. The Hall–Kier alpha value is -0.530. The van der Waals surface area contributed by atoms with Gasteiger partial charge in [-0.3, -0.25) is 0 Å². The van der Waals surface area contributed by atoms with Crippen molar-refractivity contribution in [1.29, 1.82) is 0 Å². The van der Waals surface area contributed by atoms with Crippen LogP contribution in [0.5, 0.6) is 0 Å². The lowest BCUT2D eigenvalue weighted by molar-refractivity contribution is 0.282. The highest BCUT2D eigenvalue weighted by Gasteiger charge is 2.21. The number of nitrogens with one attached hydrogen (secondary N) is 1. The van der Waals surface area contributed by atoms with Crippen molar-refractivity contribution in [1.82, 2.24) is 4.72 Å². The second kappa shape index (κ2) is 8.05. The Kier molecular flexibility index (Phi) is 7.05. The average molecular weight is 341 g/mol. The number of sulfonamides is 1. The molecule has 8 heteroatoms. The minimum atomic E-state index is -3.75. The molecule has 0 aromatic heterocycles. The van der Waals surface area contributed by atoms with Crippen LogP contribution in [0.2, 0.25) is 10.0 Å². The third kappa shape index (κ3) is 5.10. The van der Waals surface area contributed by atoms with Crippen LogP contribution in [0.3, 0.4) is 0 Å². The number of halogens is 2. The van der Waals surface area contributed by atoms with Crippen LogP contribution in [0, 0.1) is 0 Å². The maximum Gasteiger partial charge on any atom is 0.244 e. The van der Waals surface area contributed by atoms with Gasteiger partial charge in [-0.2, -0.15) is 0 Å². The molecule has 0 saturated heterocycles. The standard InChI is InChI=1S/C12H18Cl2N2O3S/c13-9-7-10(14)12(11(15)8-9)20(18,19)16-5-3-1-2-4-6-17/h7-8,16-17H,1-6,15H2. The predicted octanol–water partition coefficient (Wildman–Crippen LogP) is 2.41. The highest BCUT2D eigenvalue weighted by atomic mass is 35.5. The Morgan fingerprint density at radius 3 is 2.40 bits per heavy atom. The first kappa shape index (κ1) is 17.5. The van der Waals surface area contributed by atoms with E-state index in [2.05, 4.69) is 4.72 Å². The van der Waals surface area contributed by atoms with E-state index >= 15 is 0 Å². The summed E-state index contributed by atoms with van der Waals surface area (Å²) < 4.78 is 26.7. The van der Waals surface area contributed by atoms with Crippen molar-refractivity contribution in [2.24, 2.45) is 0 Å². The van der Waals surface area contributed by atoms with Crippen LogP contribution >= 0.6 is 23.2 Å². The lowest BCUT2D eigenvalue weighted by atomic mass is 10.2. The normalized spacial score (nSPS) is 11.8. The molecular weight excluding hydrogens is 323 g/mol. The van der Waals surface area contributed by atoms with Crippen molar-refractivity contribution in [2.75, 3.05) is 18.9 Å². The zero-order valence-corrected chi connectivity index (χ0v) is 13.2. The van der Waals surface area contributed by atoms with E-state index in [4.69, 9.17) is 34.0 Å². The van der Waals surface area contributed by atoms with E-state index in [1.807, 2.05) is 0 Å². The van der Waals surface area contributed by atoms with E-state index in [-0.39, 0.29) is 27.2 Å². The van der Waals surface area contributed by atoms with Gasteiger partial charge in [0.2, 0.25) is 10.0 Å². The topological polar surface area (TPSA) is 92.4 Å². The molecule has 0 aliphatic heterocycles. The Morgan fingerprint density at radius 1 is 1.15 bits per heavy atom. The van der Waals surface area contributed by atoms with Gasteiger partial charge in [0.15, 0.2) is 0 Å². The highest BCUT2D eigenvalue weighted by molar-refractivity contribution is 7.89. The van der Waals surface area contributed by atoms with Crippen LogP contribution in [-0.4, -0.2) is 26.7 Å². The molecule has 0 fully saturated rings. The van der Waals surface area contributed by atoms with Crippen molar-refractivity contribution in [3.8, 4) is 0 Å². The molecule has 1 aromatic rings. The quantitative estimate of drug-likeness (QED) is 0.500. The van der Waals surface area contributed by atoms with Gasteiger partial charge in [-0.25, -0.2) is 13.1 Å². The van der Waals surface area contributed by atoms with Gasteiger partial charge >= 0.3 is 0 Å². The van der Waals surface area contributed by atoms with Gasteiger partial charge in [-0.05, 0) is 25.0 Å². The lowest BCUT2D eigenvalue weighted by Crippen LogP contribution is -2.26. The molecule has 5 nitrogen and oxygen atoms in total. The van der Waals surface area contributed by atoms with Gasteiger partial charge in [0.05, 0.1) is 10.7 Å².